The first kappa shape index (κ1) is 12.1. The largest absolute Gasteiger partial charge is 0.396 e. The van der Waals surface area contributed by atoms with Gasteiger partial charge in [0.2, 0.25) is 0 Å². The number of rotatable bonds is 2. The second-order valence-corrected chi connectivity index (χ2v) is 9.08. The lowest BCUT2D eigenvalue weighted by molar-refractivity contribution is -0.0308. The molecule has 6 bridgehead atoms. The minimum absolute atomic E-state index is 0.313. The third-order valence-electron chi connectivity index (χ3n) is 9.15. The Balaban J connectivity index is 1.41. The first-order valence-corrected chi connectivity index (χ1v) is 9.23. The molecule has 5 fully saturated rings. The monoisotopic (exact) mass is 286 g/mol. The van der Waals surface area contributed by atoms with E-state index in [2.05, 4.69) is 12.2 Å². The zero-order valence-electron chi connectivity index (χ0n) is 12.5. The molecule has 0 aromatic rings. The fourth-order valence-electron chi connectivity index (χ4n) is 9.06. The molecule has 2 heteroatoms. The molecule has 12 unspecified atom stereocenters. The lowest BCUT2D eigenvalue weighted by Gasteiger charge is -2.48. The van der Waals surface area contributed by atoms with Crippen LogP contribution in [0.1, 0.15) is 19.3 Å². The zero-order valence-corrected chi connectivity index (χ0v) is 12.5. The number of hydrogen-bond donors (Lipinski definition) is 2. The molecule has 12 atom stereocenters. The molecule has 0 saturated heterocycles. The highest BCUT2D eigenvalue weighted by molar-refractivity contribution is 5.25. The molecule has 21 heavy (non-hydrogen) atoms. The van der Waals surface area contributed by atoms with Gasteiger partial charge in [0.1, 0.15) is 0 Å². The Morgan fingerprint density at radius 2 is 1.10 bits per heavy atom. The predicted molar refractivity (Wildman–Crippen MR) is 79.0 cm³/mol. The highest BCUT2D eigenvalue weighted by Gasteiger charge is 2.72. The average molecular weight is 286 g/mol. The molecule has 5 saturated carbocycles. The van der Waals surface area contributed by atoms with Crippen molar-refractivity contribution >= 4 is 0 Å². The van der Waals surface area contributed by atoms with E-state index in [1.54, 1.807) is 0 Å². The van der Waals surface area contributed by atoms with Crippen LogP contribution in [0.15, 0.2) is 12.2 Å². The van der Waals surface area contributed by atoms with Gasteiger partial charge in [0.05, 0.1) is 0 Å². The molecule has 0 aromatic carbocycles. The summed E-state index contributed by atoms with van der Waals surface area (Å²) < 4.78 is 0. The van der Waals surface area contributed by atoms with Crippen LogP contribution in [-0.2, 0) is 0 Å². The highest BCUT2D eigenvalue weighted by atomic mass is 16.3. The molecule has 0 aliphatic heterocycles. The summed E-state index contributed by atoms with van der Waals surface area (Å²) in [7, 11) is 0. The first-order chi connectivity index (χ1) is 10.3. The number of aliphatic hydroxyl groups excluding tert-OH is 2. The van der Waals surface area contributed by atoms with E-state index in [1.807, 2.05) is 0 Å². The molecular formula is C19H26O2. The van der Waals surface area contributed by atoms with Gasteiger partial charge >= 0.3 is 0 Å². The van der Waals surface area contributed by atoms with Gasteiger partial charge in [-0.1, -0.05) is 12.2 Å². The Bertz CT molecular complexity index is 472. The Morgan fingerprint density at radius 3 is 1.57 bits per heavy atom. The van der Waals surface area contributed by atoms with Crippen molar-refractivity contribution in [3.05, 3.63) is 12.2 Å². The summed E-state index contributed by atoms with van der Waals surface area (Å²) in [5.41, 5.74) is 0. The molecule has 0 heterocycles. The molecule has 6 aliphatic rings. The maximum atomic E-state index is 9.85. The fraction of sp³-hybridized carbons (Fsp3) is 0.895. The van der Waals surface area contributed by atoms with E-state index in [4.69, 9.17) is 0 Å². The van der Waals surface area contributed by atoms with E-state index < -0.39 is 0 Å². The summed E-state index contributed by atoms with van der Waals surface area (Å²) in [5.74, 6) is 9.84. The van der Waals surface area contributed by atoms with Gasteiger partial charge in [-0.2, -0.15) is 0 Å². The minimum atomic E-state index is 0.313. The SMILES string of the molecule is OCC1C(CO)C2CC1C1C3CC(C4C5C=CC(C5)C34)C21. The van der Waals surface area contributed by atoms with Gasteiger partial charge in [-0.25, -0.2) is 0 Å². The minimum Gasteiger partial charge on any atom is -0.396 e. The van der Waals surface area contributed by atoms with Crippen molar-refractivity contribution in [2.45, 2.75) is 19.3 Å². The van der Waals surface area contributed by atoms with E-state index in [0.717, 1.165) is 59.2 Å². The van der Waals surface area contributed by atoms with Crippen LogP contribution in [0.3, 0.4) is 0 Å². The smallest absolute Gasteiger partial charge is 0.0465 e. The maximum Gasteiger partial charge on any atom is 0.0465 e. The van der Waals surface area contributed by atoms with Crippen LogP contribution in [0, 0.1) is 71.0 Å². The van der Waals surface area contributed by atoms with Crippen molar-refractivity contribution in [2.75, 3.05) is 13.2 Å². The normalized spacial score (nSPS) is 68.1. The average Bonchev–Trinajstić information content (AvgIpc) is 3.30. The summed E-state index contributed by atoms with van der Waals surface area (Å²) in [5, 5.41) is 19.7. The molecule has 0 aromatic heterocycles. The van der Waals surface area contributed by atoms with Crippen molar-refractivity contribution in [3.8, 4) is 0 Å². The van der Waals surface area contributed by atoms with Crippen LogP contribution in [0.4, 0.5) is 0 Å². The lowest BCUT2D eigenvalue weighted by Crippen LogP contribution is -2.46. The summed E-state index contributed by atoms with van der Waals surface area (Å²) in [6.45, 7) is 0.625. The summed E-state index contributed by atoms with van der Waals surface area (Å²) in [4.78, 5) is 0. The van der Waals surface area contributed by atoms with Gasteiger partial charge in [0, 0.05) is 13.2 Å². The van der Waals surface area contributed by atoms with Gasteiger partial charge in [0.25, 0.3) is 0 Å². The molecule has 6 rings (SSSR count). The Morgan fingerprint density at radius 1 is 0.619 bits per heavy atom. The quantitative estimate of drug-likeness (QED) is 0.603. The zero-order chi connectivity index (χ0) is 13.9. The van der Waals surface area contributed by atoms with Crippen molar-refractivity contribution in [2.24, 2.45) is 71.0 Å². The van der Waals surface area contributed by atoms with Gasteiger partial charge in [0.15, 0.2) is 0 Å². The second kappa shape index (κ2) is 3.76. The highest BCUT2D eigenvalue weighted by Crippen LogP contribution is 2.77. The van der Waals surface area contributed by atoms with Crippen molar-refractivity contribution in [1.29, 1.82) is 0 Å². The number of allylic oxidation sites excluding steroid dienone is 2. The number of fused-ring (bicyclic) bond motifs is 16. The van der Waals surface area contributed by atoms with Crippen LogP contribution in [0.25, 0.3) is 0 Å². The molecule has 2 nitrogen and oxygen atoms in total. The van der Waals surface area contributed by atoms with E-state index in [0.29, 0.717) is 25.0 Å². The fourth-order valence-corrected chi connectivity index (χ4v) is 9.06. The predicted octanol–water partition coefficient (Wildman–Crippen LogP) is 2.17. The van der Waals surface area contributed by atoms with Crippen molar-refractivity contribution < 1.29 is 10.2 Å². The third-order valence-corrected chi connectivity index (χ3v) is 9.15. The van der Waals surface area contributed by atoms with Crippen molar-refractivity contribution in [3.63, 3.8) is 0 Å². The Labute approximate surface area is 126 Å². The van der Waals surface area contributed by atoms with E-state index in [9.17, 15) is 10.2 Å². The molecule has 0 spiro atoms. The first-order valence-electron chi connectivity index (χ1n) is 9.23. The van der Waals surface area contributed by atoms with Crippen LogP contribution in [0.2, 0.25) is 0 Å². The van der Waals surface area contributed by atoms with Crippen LogP contribution >= 0.6 is 0 Å². The number of hydrogen-bond acceptors (Lipinski definition) is 2. The van der Waals surface area contributed by atoms with Crippen LogP contribution in [0.5, 0.6) is 0 Å². The van der Waals surface area contributed by atoms with Crippen LogP contribution < -0.4 is 0 Å². The van der Waals surface area contributed by atoms with Gasteiger partial charge < -0.3 is 10.2 Å². The second-order valence-electron chi connectivity index (χ2n) is 9.08. The lowest BCUT2D eigenvalue weighted by atomic mass is 9.57. The Hall–Kier alpha value is -0.340. The van der Waals surface area contributed by atoms with Crippen molar-refractivity contribution in [1.82, 2.24) is 0 Å². The molecule has 0 radical (unpaired) electrons. The van der Waals surface area contributed by atoms with E-state index in [-0.39, 0.29) is 0 Å². The van der Waals surface area contributed by atoms with Gasteiger partial charge in [-0.3, -0.25) is 0 Å². The standard InChI is InChI=1S/C19H26O2/c20-6-14-10-4-11(15(14)7-21)19-13-5-12(18(10)19)16-8-1-2-9(3-8)17(13)16/h1-2,8-21H,3-7H2. The van der Waals surface area contributed by atoms with Crippen LogP contribution in [-0.4, -0.2) is 23.4 Å². The van der Waals surface area contributed by atoms with Gasteiger partial charge in [-0.05, 0) is 90.3 Å². The molecule has 2 N–H and O–H groups in total. The molecule has 114 valence electrons. The number of aliphatic hydroxyl groups is 2. The molecular weight excluding hydrogens is 260 g/mol. The topological polar surface area (TPSA) is 40.5 Å². The van der Waals surface area contributed by atoms with E-state index in [1.165, 1.54) is 19.3 Å². The Kier molecular flexibility index (Phi) is 2.17. The maximum absolute atomic E-state index is 9.85. The third kappa shape index (κ3) is 1.16. The van der Waals surface area contributed by atoms with E-state index >= 15 is 0 Å². The molecule has 0 amide bonds. The summed E-state index contributed by atoms with van der Waals surface area (Å²) in [6.07, 6.45) is 9.33. The molecule has 6 aliphatic carbocycles. The van der Waals surface area contributed by atoms with Gasteiger partial charge in [-0.15, -0.1) is 0 Å². The summed E-state index contributed by atoms with van der Waals surface area (Å²) >= 11 is 0. The summed E-state index contributed by atoms with van der Waals surface area (Å²) in [6, 6.07) is 0.